The molecule has 25 heavy (non-hydrogen) atoms. The number of methoxy groups -OCH3 is 1. The van der Waals surface area contributed by atoms with Gasteiger partial charge in [-0.05, 0) is 43.9 Å². The van der Waals surface area contributed by atoms with E-state index in [9.17, 15) is 5.11 Å². The van der Waals surface area contributed by atoms with Gasteiger partial charge in [0, 0.05) is 17.5 Å². The second-order valence-electron chi connectivity index (χ2n) is 6.52. The molecule has 0 amide bonds. The molecule has 1 N–H and O–H groups in total. The Labute approximate surface area is 146 Å². The quantitative estimate of drug-likeness (QED) is 0.924. The van der Waals surface area contributed by atoms with Crippen LogP contribution in [0.15, 0.2) is 33.9 Å². The molecule has 2 aromatic rings. The van der Waals surface area contributed by atoms with Crippen LogP contribution in [0.5, 0.6) is 11.5 Å². The van der Waals surface area contributed by atoms with Crippen molar-refractivity contribution in [2.75, 3.05) is 13.7 Å². The summed E-state index contributed by atoms with van der Waals surface area (Å²) in [4.78, 5) is 4.95. The first-order valence-electron chi connectivity index (χ1n) is 8.73. The summed E-state index contributed by atoms with van der Waals surface area (Å²) in [5.74, 6) is 2.22. The van der Waals surface area contributed by atoms with Crippen LogP contribution in [-0.2, 0) is 0 Å². The van der Waals surface area contributed by atoms with E-state index in [4.69, 9.17) is 19.0 Å². The molecule has 0 bridgehead atoms. The van der Waals surface area contributed by atoms with Crippen molar-refractivity contribution < 1.29 is 19.1 Å². The molecule has 1 saturated carbocycles. The lowest BCUT2D eigenvalue weighted by atomic mass is 9.74. The molecule has 6 nitrogen and oxygen atoms in total. The molecule has 0 saturated heterocycles. The van der Waals surface area contributed by atoms with Crippen LogP contribution in [0.4, 0.5) is 0 Å². The van der Waals surface area contributed by atoms with E-state index in [0.717, 1.165) is 35.4 Å². The Morgan fingerprint density at radius 2 is 2.16 bits per heavy atom. The predicted molar refractivity (Wildman–Crippen MR) is 92.7 cm³/mol. The van der Waals surface area contributed by atoms with Gasteiger partial charge in [0.15, 0.2) is 17.3 Å². The zero-order chi connectivity index (χ0) is 17.4. The van der Waals surface area contributed by atoms with Gasteiger partial charge in [-0.25, -0.2) is 0 Å². The van der Waals surface area contributed by atoms with Crippen molar-refractivity contribution in [3.8, 4) is 11.5 Å². The van der Waals surface area contributed by atoms with E-state index in [2.05, 4.69) is 5.16 Å². The predicted octanol–water partition coefficient (Wildman–Crippen LogP) is 2.93. The van der Waals surface area contributed by atoms with E-state index >= 15 is 0 Å². The second-order valence-corrected chi connectivity index (χ2v) is 6.52. The third kappa shape index (κ3) is 2.80. The van der Waals surface area contributed by atoms with Gasteiger partial charge in [0.05, 0.1) is 32.1 Å². The number of aliphatic imine (C=N–C) groups is 1. The van der Waals surface area contributed by atoms with Crippen LogP contribution in [0, 0.1) is 0 Å². The van der Waals surface area contributed by atoms with E-state index in [1.807, 2.05) is 25.1 Å². The van der Waals surface area contributed by atoms with Gasteiger partial charge in [-0.15, -0.1) is 0 Å². The molecule has 0 radical (unpaired) electrons. The number of aromatic nitrogens is 1. The lowest BCUT2D eigenvalue weighted by molar-refractivity contribution is 0.111. The molecule has 132 valence electrons. The molecular formula is C19H22N2O4. The highest BCUT2D eigenvalue weighted by atomic mass is 16.5. The largest absolute Gasteiger partial charge is 0.493 e. The highest BCUT2D eigenvalue weighted by molar-refractivity contribution is 6.13. The Bertz CT molecular complexity index is 785. The van der Waals surface area contributed by atoms with Gasteiger partial charge < -0.3 is 19.1 Å². The van der Waals surface area contributed by atoms with Gasteiger partial charge >= 0.3 is 0 Å². The van der Waals surface area contributed by atoms with Gasteiger partial charge in [0.1, 0.15) is 5.71 Å². The van der Waals surface area contributed by atoms with Crippen molar-refractivity contribution in [3.05, 3.63) is 41.3 Å². The zero-order valence-corrected chi connectivity index (χ0v) is 14.4. The maximum Gasteiger partial charge on any atom is 0.185 e. The summed E-state index contributed by atoms with van der Waals surface area (Å²) in [6, 6.07) is 5.96. The number of aliphatic hydroxyl groups is 1. The Morgan fingerprint density at radius 1 is 1.28 bits per heavy atom. The minimum absolute atomic E-state index is 0.138. The Kier molecular flexibility index (Phi) is 4.21. The Morgan fingerprint density at radius 3 is 2.88 bits per heavy atom. The van der Waals surface area contributed by atoms with Crippen LogP contribution >= 0.6 is 0 Å². The normalized spacial score (nSPS) is 24.9. The lowest BCUT2D eigenvalue weighted by Gasteiger charge is -2.37. The minimum Gasteiger partial charge on any atom is -0.493 e. The van der Waals surface area contributed by atoms with Gasteiger partial charge in [0.25, 0.3) is 0 Å². The van der Waals surface area contributed by atoms with Crippen molar-refractivity contribution >= 4 is 5.71 Å². The topological polar surface area (TPSA) is 77.1 Å². The number of ether oxygens (including phenoxy) is 2. The molecule has 2 heterocycles. The van der Waals surface area contributed by atoms with Crippen LogP contribution in [0.1, 0.15) is 49.0 Å². The number of fused-ring (bicyclic) bond motifs is 3. The van der Waals surface area contributed by atoms with Crippen molar-refractivity contribution in [3.63, 3.8) is 0 Å². The standard InChI is InChI=1S/C19H22N2O4/c1-3-24-18-9-12-13-8-11(22)4-5-15(13)21-19(16-6-7-20-25-16)14(12)10-17(18)23-2/h6-7,9-11,13,15,22H,3-5,8H2,1-2H3. The summed E-state index contributed by atoms with van der Waals surface area (Å²) < 4.78 is 16.7. The molecule has 1 aliphatic heterocycles. The van der Waals surface area contributed by atoms with Crippen molar-refractivity contribution in [2.45, 2.75) is 44.2 Å². The highest BCUT2D eigenvalue weighted by Gasteiger charge is 2.38. The van der Waals surface area contributed by atoms with Gasteiger partial charge in [-0.3, -0.25) is 4.99 Å². The molecule has 1 aromatic carbocycles. The van der Waals surface area contributed by atoms with Gasteiger partial charge in [0.2, 0.25) is 0 Å². The molecule has 0 spiro atoms. The summed E-state index contributed by atoms with van der Waals surface area (Å²) in [6.07, 6.45) is 3.69. The summed E-state index contributed by atoms with van der Waals surface area (Å²) in [7, 11) is 1.63. The third-order valence-electron chi connectivity index (χ3n) is 5.04. The molecular weight excluding hydrogens is 320 g/mol. The molecule has 1 aromatic heterocycles. The SMILES string of the molecule is CCOc1cc2c(cc1OC)C(c1ccno1)=NC1CCC(O)CC21. The molecule has 1 fully saturated rings. The summed E-state index contributed by atoms with van der Waals surface area (Å²) in [5.41, 5.74) is 2.90. The van der Waals surface area contributed by atoms with Crippen LogP contribution < -0.4 is 9.47 Å². The van der Waals surface area contributed by atoms with Crippen LogP contribution in [0.25, 0.3) is 0 Å². The van der Waals surface area contributed by atoms with Crippen molar-refractivity contribution in [1.82, 2.24) is 5.16 Å². The van der Waals surface area contributed by atoms with Crippen LogP contribution in [-0.4, -0.2) is 41.8 Å². The van der Waals surface area contributed by atoms with Gasteiger partial charge in [-0.1, -0.05) is 5.16 Å². The number of nitrogens with zero attached hydrogens (tertiary/aromatic N) is 2. The minimum atomic E-state index is -0.284. The average Bonchev–Trinajstić information content (AvgIpc) is 3.15. The van der Waals surface area contributed by atoms with Crippen molar-refractivity contribution in [2.24, 2.45) is 4.99 Å². The summed E-state index contributed by atoms with van der Waals surface area (Å²) >= 11 is 0. The zero-order valence-electron chi connectivity index (χ0n) is 14.4. The fourth-order valence-corrected chi connectivity index (χ4v) is 3.91. The molecule has 3 unspecified atom stereocenters. The first-order chi connectivity index (χ1) is 12.2. The Balaban J connectivity index is 1.88. The number of hydrogen-bond donors (Lipinski definition) is 1. The average molecular weight is 342 g/mol. The summed E-state index contributed by atoms with van der Waals surface area (Å²) in [5, 5.41) is 14.0. The van der Waals surface area contributed by atoms with E-state index in [-0.39, 0.29) is 18.1 Å². The number of aliphatic hydroxyl groups excluding tert-OH is 1. The lowest BCUT2D eigenvalue weighted by Crippen LogP contribution is -2.34. The molecule has 3 atom stereocenters. The van der Waals surface area contributed by atoms with E-state index in [1.165, 1.54) is 0 Å². The fraction of sp³-hybridized carbons (Fsp3) is 0.474. The molecule has 6 heteroatoms. The third-order valence-corrected chi connectivity index (χ3v) is 5.04. The first kappa shape index (κ1) is 16.1. The van der Waals surface area contributed by atoms with Gasteiger partial charge in [-0.2, -0.15) is 0 Å². The maximum atomic E-state index is 10.2. The number of benzene rings is 1. The van der Waals surface area contributed by atoms with E-state index in [1.54, 1.807) is 13.3 Å². The summed E-state index contributed by atoms with van der Waals surface area (Å²) in [6.45, 7) is 2.52. The van der Waals surface area contributed by atoms with E-state index < -0.39 is 0 Å². The van der Waals surface area contributed by atoms with Crippen molar-refractivity contribution in [1.29, 1.82) is 0 Å². The molecule has 2 aliphatic rings. The monoisotopic (exact) mass is 342 g/mol. The van der Waals surface area contributed by atoms with E-state index in [0.29, 0.717) is 24.5 Å². The first-order valence-corrected chi connectivity index (χ1v) is 8.73. The smallest absolute Gasteiger partial charge is 0.185 e. The molecule has 4 rings (SSSR count). The number of rotatable bonds is 4. The fourth-order valence-electron chi connectivity index (χ4n) is 3.91. The van der Waals surface area contributed by atoms with Crippen LogP contribution in [0.2, 0.25) is 0 Å². The second kappa shape index (κ2) is 6.52. The number of hydrogen-bond acceptors (Lipinski definition) is 6. The van der Waals surface area contributed by atoms with Crippen LogP contribution in [0.3, 0.4) is 0 Å². The maximum absolute atomic E-state index is 10.2. The molecule has 1 aliphatic carbocycles. The highest BCUT2D eigenvalue weighted by Crippen LogP contribution is 2.44. The Hall–Kier alpha value is -2.34.